The molecule has 3 N–H and O–H groups in total. The van der Waals surface area contributed by atoms with E-state index in [9.17, 15) is 23.2 Å². The second-order valence-electron chi connectivity index (χ2n) is 4.15. The van der Waals surface area contributed by atoms with Crippen molar-refractivity contribution in [3.63, 3.8) is 0 Å². The zero-order valence-corrected chi connectivity index (χ0v) is 11.2. The highest BCUT2D eigenvalue weighted by Gasteiger charge is 2.20. The molecule has 0 aliphatic carbocycles. The molecular weight excluding hydrogens is 286 g/mol. The molecule has 0 fully saturated rings. The molecule has 8 heteroatoms. The number of aromatic carboxylic acids is 1. The van der Waals surface area contributed by atoms with Crippen molar-refractivity contribution in [3.8, 4) is 0 Å². The number of hydrogen-bond donors (Lipinski definition) is 3. The van der Waals surface area contributed by atoms with Gasteiger partial charge in [-0.25, -0.2) is 13.6 Å². The molecule has 0 bridgehead atoms. The summed E-state index contributed by atoms with van der Waals surface area (Å²) in [5.74, 6) is -5.73. The van der Waals surface area contributed by atoms with Crippen LogP contribution in [0, 0.1) is 11.6 Å². The van der Waals surface area contributed by atoms with Crippen LogP contribution in [-0.2, 0) is 4.79 Å². The van der Waals surface area contributed by atoms with Crippen LogP contribution in [0.15, 0.2) is 12.1 Å². The van der Waals surface area contributed by atoms with Gasteiger partial charge in [0, 0.05) is 6.54 Å². The normalized spacial score (nSPS) is 10.0. The van der Waals surface area contributed by atoms with Crippen LogP contribution < -0.4 is 10.6 Å². The Balaban J connectivity index is 2.85. The van der Waals surface area contributed by atoms with E-state index in [0.717, 1.165) is 0 Å². The Labute approximate surface area is 119 Å². The Hall–Kier alpha value is -2.51. The number of nitrogens with one attached hydrogen (secondary N) is 2. The second-order valence-corrected chi connectivity index (χ2v) is 4.15. The molecule has 0 saturated carbocycles. The SMILES string of the molecule is CCCNC(=O)CNC(=O)c1cc(F)c(F)cc1C(=O)O. The fourth-order valence-corrected chi connectivity index (χ4v) is 1.49. The van der Waals surface area contributed by atoms with Crippen LogP contribution in [0.1, 0.15) is 34.1 Å². The third-order valence-corrected chi connectivity index (χ3v) is 2.52. The molecule has 0 aliphatic rings. The number of hydrogen-bond acceptors (Lipinski definition) is 3. The molecule has 1 aromatic rings. The van der Waals surface area contributed by atoms with Crippen molar-refractivity contribution in [2.75, 3.05) is 13.1 Å². The van der Waals surface area contributed by atoms with Gasteiger partial charge in [-0.2, -0.15) is 0 Å². The van der Waals surface area contributed by atoms with E-state index < -0.39 is 47.1 Å². The summed E-state index contributed by atoms with van der Waals surface area (Å²) in [4.78, 5) is 34.0. The molecule has 21 heavy (non-hydrogen) atoms. The molecule has 1 rings (SSSR count). The number of halogens is 2. The van der Waals surface area contributed by atoms with E-state index in [-0.39, 0.29) is 0 Å². The lowest BCUT2D eigenvalue weighted by Crippen LogP contribution is -2.37. The summed E-state index contributed by atoms with van der Waals surface area (Å²) in [5.41, 5.74) is -1.23. The number of carboxylic acid groups (broad SMARTS) is 1. The molecule has 114 valence electrons. The highest BCUT2D eigenvalue weighted by molar-refractivity contribution is 6.05. The Morgan fingerprint density at radius 3 is 2.19 bits per heavy atom. The number of carbonyl (C=O) groups excluding carboxylic acids is 2. The van der Waals surface area contributed by atoms with Crippen molar-refractivity contribution in [1.29, 1.82) is 0 Å². The predicted molar refractivity (Wildman–Crippen MR) is 69.0 cm³/mol. The average molecular weight is 300 g/mol. The maximum atomic E-state index is 13.1. The van der Waals surface area contributed by atoms with Gasteiger partial charge in [-0.15, -0.1) is 0 Å². The van der Waals surface area contributed by atoms with Crippen LogP contribution in [0.2, 0.25) is 0 Å². The Morgan fingerprint density at radius 2 is 1.67 bits per heavy atom. The van der Waals surface area contributed by atoms with E-state index in [1.807, 2.05) is 6.92 Å². The molecule has 0 atom stereocenters. The van der Waals surface area contributed by atoms with Gasteiger partial charge in [0.2, 0.25) is 5.91 Å². The van der Waals surface area contributed by atoms with E-state index in [0.29, 0.717) is 25.1 Å². The van der Waals surface area contributed by atoms with Gasteiger partial charge in [0.1, 0.15) is 0 Å². The maximum absolute atomic E-state index is 13.1. The van der Waals surface area contributed by atoms with Gasteiger partial charge < -0.3 is 15.7 Å². The van der Waals surface area contributed by atoms with Crippen molar-refractivity contribution in [2.24, 2.45) is 0 Å². The lowest BCUT2D eigenvalue weighted by Gasteiger charge is -2.08. The smallest absolute Gasteiger partial charge is 0.336 e. The molecule has 0 spiro atoms. The quantitative estimate of drug-likeness (QED) is 0.728. The highest BCUT2D eigenvalue weighted by atomic mass is 19.2. The molecular formula is C13H14F2N2O4. The minimum absolute atomic E-state index is 0.392. The summed E-state index contributed by atoms with van der Waals surface area (Å²) in [5, 5.41) is 13.5. The summed E-state index contributed by atoms with van der Waals surface area (Å²) in [6.07, 6.45) is 0.714. The largest absolute Gasteiger partial charge is 0.478 e. The molecule has 1 aromatic carbocycles. The number of carbonyl (C=O) groups is 3. The van der Waals surface area contributed by atoms with Crippen LogP contribution >= 0.6 is 0 Å². The number of benzene rings is 1. The zero-order chi connectivity index (χ0) is 16.0. The predicted octanol–water partition coefficient (Wildman–Crippen LogP) is 0.919. The lowest BCUT2D eigenvalue weighted by atomic mass is 10.1. The van der Waals surface area contributed by atoms with E-state index >= 15 is 0 Å². The van der Waals surface area contributed by atoms with Crippen molar-refractivity contribution >= 4 is 17.8 Å². The first kappa shape index (κ1) is 16.5. The van der Waals surface area contributed by atoms with Crippen LogP contribution in [0.5, 0.6) is 0 Å². The van der Waals surface area contributed by atoms with Crippen LogP contribution in [-0.4, -0.2) is 36.0 Å². The van der Waals surface area contributed by atoms with Gasteiger partial charge >= 0.3 is 5.97 Å². The standard InChI is InChI=1S/C13H14F2N2O4/c1-2-3-16-11(18)6-17-12(19)7-4-9(14)10(15)5-8(7)13(20)21/h4-5H,2-3,6H2,1H3,(H,16,18)(H,17,19)(H,20,21). The Bertz CT molecular complexity index is 576. The van der Waals surface area contributed by atoms with Gasteiger partial charge in [0.25, 0.3) is 5.91 Å². The van der Waals surface area contributed by atoms with E-state index in [1.54, 1.807) is 0 Å². The van der Waals surface area contributed by atoms with E-state index in [1.165, 1.54) is 0 Å². The maximum Gasteiger partial charge on any atom is 0.336 e. The summed E-state index contributed by atoms with van der Waals surface area (Å²) in [6.45, 7) is 1.89. The third-order valence-electron chi connectivity index (χ3n) is 2.52. The van der Waals surface area contributed by atoms with Gasteiger partial charge in [-0.05, 0) is 18.6 Å². The Kier molecular flexibility index (Phi) is 5.77. The van der Waals surface area contributed by atoms with Crippen LogP contribution in [0.4, 0.5) is 8.78 Å². The topological polar surface area (TPSA) is 95.5 Å². The zero-order valence-electron chi connectivity index (χ0n) is 11.2. The Morgan fingerprint density at radius 1 is 1.10 bits per heavy atom. The van der Waals surface area contributed by atoms with Gasteiger partial charge in [0.15, 0.2) is 11.6 Å². The van der Waals surface area contributed by atoms with E-state index in [4.69, 9.17) is 5.11 Å². The summed E-state index contributed by atoms with van der Waals surface area (Å²) >= 11 is 0. The molecule has 6 nitrogen and oxygen atoms in total. The monoisotopic (exact) mass is 300 g/mol. The first-order valence-corrected chi connectivity index (χ1v) is 6.14. The first-order valence-electron chi connectivity index (χ1n) is 6.14. The van der Waals surface area contributed by atoms with Crippen LogP contribution in [0.25, 0.3) is 0 Å². The van der Waals surface area contributed by atoms with Crippen molar-refractivity contribution in [2.45, 2.75) is 13.3 Å². The molecule has 2 amide bonds. The molecule has 0 aliphatic heterocycles. The molecule has 0 unspecified atom stereocenters. The average Bonchev–Trinajstić information content (AvgIpc) is 2.44. The second kappa shape index (κ2) is 7.32. The first-order chi connectivity index (χ1) is 9.86. The highest BCUT2D eigenvalue weighted by Crippen LogP contribution is 2.15. The lowest BCUT2D eigenvalue weighted by molar-refractivity contribution is -0.120. The molecule has 0 saturated heterocycles. The molecule has 0 radical (unpaired) electrons. The number of amides is 2. The summed E-state index contributed by atoms with van der Waals surface area (Å²) < 4.78 is 26.1. The van der Waals surface area contributed by atoms with E-state index in [2.05, 4.69) is 10.6 Å². The fourth-order valence-electron chi connectivity index (χ4n) is 1.49. The summed E-state index contributed by atoms with van der Waals surface area (Å²) in [7, 11) is 0. The van der Waals surface area contributed by atoms with Crippen LogP contribution in [0.3, 0.4) is 0 Å². The third kappa shape index (κ3) is 4.51. The van der Waals surface area contributed by atoms with Gasteiger partial charge in [-0.3, -0.25) is 9.59 Å². The number of rotatable bonds is 6. The summed E-state index contributed by atoms with van der Waals surface area (Å²) in [6, 6.07) is 0.905. The molecule has 0 heterocycles. The fraction of sp³-hybridized carbons (Fsp3) is 0.308. The molecule has 0 aromatic heterocycles. The minimum atomic E-state index is -1.57. The minimum Gasteiger partial charge on any atom is -0.478 e. The number of carboxylic acids is 1. The van der Waals surface area contributed by atoms with Crippen molar-refractivity contribution in [1.82, 2.24) is 10.6 Å². The van der Waals surface area contributed by atoms with Crippen molar-refractivity contribution < 1.29 is 28.3 Å². The van der Waals surface area contributed by atoms with Gasteiger partial charge in [0.05, 0.1) is 17.7 Å². The van der Waals surface area contributed by atoms with Crippen molar-refractivity contribution in [3.05, 3.63) is 34.9 Å². The van der Waals surface area contributed by atoms with Gasteiger partial charge in [-0.1, -0.05) is 6.92 Å².